The molecule has 0 saturated carbocycles. The zero-order chi connectivity index (χ0) is 13.9. The van der Waals surface area contributed by atoms with Crippen LogP contribution in [-0.2, 0) is 17.8 Å². The van der Waals surface area contributed by atoms with Crippen molar-refractivity contribution < 1.29 is 4.74 Å². The van der Waals surface area contributed by atoms with E-state index in [2.05, 4.69) is 48.1 Å². The molecule has 1 saturated heterocycles. The molecule has 4 heteroatoms. The minimum Gasteiger partial charge on any atom is -0.378 e. The molecule has 0 aliphatic carbocycles. The van der Waals surface area contributed by atoms with Crippen LogP contribution in [0.15, 0.2) is 24.3 Å². The van der Waals surface area contributed by atoms with Gasteiger partial charge in [-0.2, -0.15) is 5.10 Å². The van der Waals surface area contributed by atoms with Crippen molar-refractivity contribution in [2.75, 3.05) is 6.61 Å². The van der Waals surface area contributed by atoms with Crippen LogP contribution in [0.25, 0.3) is 10.9 Å². The van der Waals surface area contributed by atoms with Crippen LogP contribution < -0.4 is 5.32 Å². The minimum atomic E-state index is 0.367. The number of nitrogens with zero attached hydrogens (tertiary/aromatic N) is 2. The van der Waals surface area contributed by atoms with Gasteiger partial charge in [0.15, 0.2) is 0 Å². The lowest BCUT2D eigenvalue weighted by Gasteiger charge is -2.27. The quantitative estimate of drug-likeness (QED) is 0.931. The Labute approximate surface area is 120 Å². The summed E-state index contributed by atoms with van der Waals surface area (Å²) in [5.41, 5.74) is 2.38. The van der Waals surface area contributed by atoms with E-state index < -0.39 is 0 Å². The van der Waals surface area contributed by atoms with Crippen molar-refractivity contribution in [3.05, 3.63) is 30.0 Å². The fraction of sp³-hybridized carbons (Fsp3) is 0.562. The van der Waals surface area contributed by atoms with E-state index >= 15 is 0 Å². The lowest BCUT2D eigenvalue weighted by molar-refractivity contribution is 0.0130. The van der Waals surface area contributed by atoms with Gasteiger partial charge in [0.1, 0.15) is 0 Å². The predicted molar refractivity (Wildman–Crippen MR) is 80.7 cm³/mol. The molecule has 2 atom stereocenters. The molecule has 0 bridgehead atoms. The lowest BCUT2D eigenvalue weighted by atomic mass is 10.0. The van der Waals surface area contributed by atoms with Crippen molar-refractivity contribution in [3.63, 3.8) is 0 Å². The first-order chi connectivity index (χ1) is 9.78. The highest BCUT2D eigenvalue weighted by Crippen LogP contribution is 2.19. The SMILES string of the molecule is CCn1nc(CNC2CCOC(C)C2)c2ccccc21. The van der Waals surface area contributed by atoms with Crippen LogP contribution in [0.1, 0.15) is 32.4 Å². The maximum absolute atomic E-state index is 5.59. The van der Waals surface area contributed by atoms with Gasteiger partial charge < -0.3 is 10.1 Å². The van der Waals surface area contributed by atoms with E-state index in [-0.39, 0.29) is 0 Å². The molecule has 1 aromatic heterocycles. The fourth-order valence-corrected chi connectivity index (χ4v) is 2.99. The topological polar surface area (TPSA) is 39.1 Å². The van der Waals surface area contributed by atoms with Crippen LogP contribution in [0.5, 0.6) is 0 Å². The molecule has 0 radical (unpaired) electrons. The molecule has 1 fully saturated rings. The average molecular weight is 273 g/mol. The Kier molecular flexibility index (Phi) is 4.03. The summed E-state index contributed by atoms with van der Waals surface area (Å²) in [7, 11) is 0. The zero-order valence-electron chi connectivity index (χ0n) is 12.3. The summed E-state index contributed by atoms with van der Waals surface area (Å²) < 4.78 is 7.67. The number of hydrogen-bond acceptors (Lipinski definition) is 3. The van der Waals surface area contributed by atoms with Gasteiger partial charge in [0.25, 0.3) is 0 Å². The average Bonchev–Trinajstić information content (AvgIpc) is 2.83. The summed E-state index contributed by atoms with van der Waals surface area (Å²) >= 11 is 0. The Bertz CT molecular complexity index is 578. The zero-order valence-corrected chi connectivity index (χ0v) is 12.3. The standard InChI is InChI=1S/C16H23N3O/c1-3-19-16-7-5-4-6-14(16)15(18-19)11-17-13-8-9-20-12(2)10-13/h4-7,12-13,17H,3,8-11H2,1-2H3. The second-order valence-corrected chi connectivity index (χ2v) is 5.56. The van der Waals surface area contributed by atoms with Gasteiger partial charge in [-0.15, -0.1) is 0 Å². The maximum Gasteiger partial charge on any atom is 0.0841 e. The molecule has 1 aromatic carbocycles. The highest BCUT2D eigenvalue weighted by Gasteiger charge is 2.19. The molecule has 1 aliphatic heterocycles. The highest BCUT2D eigenvalue weighted by molar-refractivity contribution is 5.81. The molecule has 0 spiro atoms. The second-order valence-electron chi connectivity index (χ2n) is 5.56. The number of benzene rings is 1. The number of para-hydroxylation sites is 1. The number of aromatic nitrogens is 2. The van der Waals surface area contributed by atoms with Crippen LogP contribution in [0.4, 0.5) is 0 Å². The smallest absolute Gasteiger partial charge is 0.0841 e. The number of rotatable bonds is 4. The Hall–Kier alpha value is -1.39. The van der Waals surface area contributed by atoms with Crippen molar-refractivity contribution in [2.24, 2.45) is 0 Å². The van der Waals surface area contributed by atoms with Crippen LogP contribution in [-0.4, -0.2) is 28.5 Å². The van der Waals surface area contributed by atoms with Crippen molar-refractivity contribution in [2.45, 2.75) is 51.9 Å². The Morgan fingerprint density at radius 1 is 1.40 bits per heavy atom. The highest BCUT2D eigenvalue weighted by atomic mass is 16.5. The molecule has 0 amide bonds. The van der Waals surface area contributed by atoms with Gasteiger partial charge in [-0.1, -0.05) is 18.2 Å². The van der Waals surface area contributed by atoms with E-state index in [0.29, 0.717) is 12.1 Å². The van der Waals surface area contributed by atoms with Crippen LogP contribution in [0.3, 0.4) is 0 Å². The van der Waals surface area contributed by atoms with E-state index in [1.807, 2.05) is 0 Å². The minimum absolute atomic E-state index is 0.367. The van der Waals surface area contributed by atoms with E-state index in [1.54, 1.807) is 0 Å². The first-order valence-electron chi connectivity index (χ1n) is 7.57. The summed E-state index contributed by atoms with van der Waals surface area (Å²) in [6, 6.07) is 9.02. The van der Waals surface area contributed by atoms with E-state index in [1.165, 1.54) is 10.9 Å². The van der Waals surface area contributed by atoms with E-state index in [4.69, 9.17) is 9.84 Å². The number of aryl methyl sites for hydroxylation is 1. The van der Waals surface area contributed by atoms with Crippen LogP contribution in [0.2, 0.25) is 0 Å². The molecular weight excluding hydrogens is 250 g/mol. The van der Waals surface area contributed by atoms with Gasteiger partial charge in [0.2, 0.25) is 0 Å². The van der Waals surface area contributed by atoms with E-state index in [9.17, 15) is 0 Å². The third kappa shape index (κ3) is 2.72. The third-order valence-corrected chi connectivity index (χ3v) is 4.08. The third-order valence-electron chi connectivity index (χ3n) is 4.08. The Morgan fingerprint density at radius 2 is 2.25 bits per heavy atom. The van der Waals surface area contributed by atoms with Gasteiger partial charge in [0.05, 0.1) is 17.3 Å². The van der Waals surface area contributed by atoms with Crippen LogP contribution >= 0.6 is 0 Å². The monoisotopic (exact) mass is 273 g/mol. The van der Waals surface area contributed by atoms with Gasteiger partial charge in [-0.25, -0.2) is 0 Å². The summed E-state index contributed by atoms with van der Waals surface area (Å²) in [5.74, 6) is 0. The van der Waals surface area contributed by atoms with E-state index in [0.717, 1.165) is 38.2 Å². The second kappa shape index (κ2) is 5.94. The van der Waals surface area contributed by atoms with Crippen molar-refractivity contribution in [1.29, 1.82) is 0 Å². The molecular formula is C16H23N3O. The van der Waals surface area contributed by atoms with Gasteiger partial charge >= 0.3 is 0 Å². The Morgan fingerprint density at radius 3 is 3.05 bits per heavy atom. The summed E-state index contributed by atoms with van der Waals surface area (Å²) in [5, 5.41) is 9.64. The lowest BCUT2D eigenvalue weighted by Crippen LogP contribution is -2.37. The van der Waals surface area contributed by atoms with Crippen molar-refractivity contribution in [1.82, 2.24) is 15.1 Å². The first kappa shape index (κ1) is 13.6. The molecule has 2 heterocycles. The molecule has 3 rings (SSSR count). The van der Waals surface area contributed by atoms with Gasteiger partial charge in [0, 0.05) is 31.1 Å². The normalized spacial score (nSPS) is 23.3. The Balaban J connectivity index is 1.74. The van der Waals surface area contributed by atoms with Gasteiger partial charge in [-0.05, 0) is 32.8 Å². The summed E-state index contributed by atoms with van der Waals surface area (Å²) in [6.07, 6.45) is 2.55. The molecule has 4 nitrogen and oxygen atoms in total. The number of fused-ring (bicyclic) bond motifs is 1. The number of nitrogens with one attached hydrogen (secondary N) is 1. The molecule has 2 unspecified atom stereocenters. The van der Waals surface area contributed by atoms with Crippen molar-refractivity contribution >= 4 is 10.9 Å². The fourth-order valence-electron chi connectivity index (χ4n) is 2.99. The largest absolute Gasteiger partial charge is 0.378 e. The summed E-state index contributed by atoms with van der Waals surface area (Å²) in [6.45, 7) is 6.90. The molecule has 108 valence electrons. The van der Waals surface area contributed by atoms with Gasteiger partial charge in [-0.3, -0.25) is 4.68 Å². The molecule has 1 aliphatic rings. The summed E-state index contributed by atoms with van der Waals surface area (Å²) in [4.78, 5) is 0. The number of ether oxygens (including phenoxy) is 1. The van der Waals surface area contributed by atoms with Crippen LogP contribution in [0, 0.1) is 0 Å². The number of hydrogen-bond donors (Lipinski definition) is 1. The predicted octanol–water partition coefficient (Wildman–Crippen LogP) is 2.71. The first-order valence-corrected chi connectivity index (χ1v) is 7.57. The molecule has 1 N–H and O–H groups in total. The molecule has 20 heavy (non-hydrogen) atoms. The maximum atomic E-state index is 5.59. The van der Waals surface area contributed by atoms with Crippen molar-refractivity contribution in [3.8, 4) is 0 Å². The molecule has 2 aromatic rings.